The highest BCUT2D eigenvalue weighted by Gasteiger charge is 2.15. The lowest BCUT2D eigenvalue weighted by Crippen LogP contribution is -2.18. The molecular weight excluding hydrogens is 242 g/mol. The maximum absolute atomic E-state index is 11.4. The summed E-state index contributed by atoms with van der Waals surface area (Å²) < 4.78 is 0.634. The van der Waals surface area contributed by atoms with Crippen LogP contribution in [-0.4, -0.2) is 32.0 Å². The molecule has 1 aromatic heterocycles. The predicted octanol–water partition coefficient (Wildman–Crippen LogP) is 0.808. The number of aromatic nitrogens is 1. The number of carbonyl (C=O) groups excluding carboxylic acids is 1. The summed E-state index contributed by atoms with van der Waals surface area (Å²) in [7, 11) is 0. The Bertz CT molecular complexity index is 451. The molecule has 0 aliphatic rings. The molecule has 0 radical (unpaired) electrons. The van der Waals surface area contributed by atoms with E-state index >= 15 is 0 Å². The van der Waals surface area contributed by atoms with Gasteiger partial charge in [0.05, 0.1) is 0 Å². The van der Waals surface area contributed by atoms with Crippen LogP contribution in [-0.2, 0) is 9.59 Å². The monoisotopic (exact) mass is 257 g/mol. The Kier molecular flexibility index (Phi) is 4.59. The number of hydrogen-bond donors (Lipinski definition) is 3. The molecule has 1 heterocycles. The maximum atomic E-state index is 11.4. The maximum Gasteiger partial charge on any atom is 0.333 e. The first-order valence-corrected chi connectivity index (χ1v) is 5.45. The molecule has 0 spiro atoms. The minimum Gasteiger partial charge on any atom is -0.492 e. The first-order chi connectivity index (χ1) is 8.41. The van der Waals surface area contributed by atoms with E-state index in [1.54, 1.807) is 6.92 Å². The molecule has 100 valence electrons. The number of aromatic hydroxyl groups is 2. The van der Waals surface area contributed by atoms with Crippen molar-refractivity contribution < 1.29 is 29.7 Å². The molecule has 1 aromatic rings. The van der Waals surface area contributed by atoms with Gasteiger partial charge >= 0.3 is 11.9 Å². The van der Waals surface area contributed by atoms with Gasteiger partial charge in [0.1, 0.15) is 0 Å². The Morgan fingerprint density at radius 1 is 1.28 bits per heavy atom. The standard InChI is InChI=1S/C11H15NO6/c1-7-6-8(13)12(11(7)17)18-10(16)5-3-2-4-9(14)15/h6,13,17H,2-5H2,1H3,(H,14,15). The van der Waals surface area contributed by atoms with Gasteiger partial charge in [0.15, 0.2) is 0 Å². The summed E-state index contributed by atoms with van der Waals surface area (Å²) in [6.45, 7) is 1.55. The summed E-state index contributed by atoms with van der Waals surface area (Å²) in [5, 5.41) is 27.2. The highest BCUT2D eigenvalue weighted by molar-refractivity contribution is 5.70. The van der Waals surface area contributed by atoms with Gasteiger partial charge in [-0.05, 0) is 19.8 Å². The molecule has 0 atom stereocenters. The van der Waals surface area contributed by atoms with Crippen LogP contribution >= 0.6 is 0 Å². The lowest BCUT2D eigenvalue weighted by molar-refractivity contribution is -0.146. The number of carboxylic acid groups (broad SMARTS) is 1. The fraction of sp³-hybridized carbons (Fsp3) is 0.455. The second-order valence-corrected chi connectivity index (χ2v) is 3.87. The Balaban J connectivity index is 2.42. The van der Waals surface area contributed by atoms with Crippen molar-refractivity contribution in [3.63, 3.8) is 0 Å². The molecule has 18 heavy (non-hydrogen) atoms. The lowest BCUT2D eigenvalue weighted by Gasteiger charge is -2.06. The van der Waals surface area contributed by atoms with E-state index in [2.05, 4.69) is 0 Å². The largest absolute Gasteiger partial charge is 0.492 e. The summed E-state index contributed by atoms with van der Waals surface area (Å²) >= 11 is 0. The van der Waals surface area contributed by atoms with E-state index in [-0.39, 0.29) is 24.6 Å². The molecule has 7 heteroatoms. The molecule has 0 aliphatic heterocycles. The average molecular weight is 257 g/mol. The van der Waals surface area contributed by atoms with Crippen LogP contribution in [0.4, 0.5) is 0 Å². The van der Waals surface area contributed by atoms with Crippen molar-refractivity contribution in [2.45, 2.75) is 32.6 Å². The second kappa shape index (κ2) is 5.95. The normalized spacial score (nSPS) is 10.3. The van der Waals surface area contributed by atoms with Gasteiger partial charge in [-0.3, -0.25) is 4.79 Å². The second-order valence-electron chi connectivity index (χ2n) is 3.87. The molecule has 0 amide bonds. The molecular formula is C11H15NO6. The topological polar surface area (TPSA) is 109 Å². The van der Waals surface area contributed by atoms with Gasteiger partial charge in [-0.1, -0.05) is 0 Å². The van der Waals surface area contributed by atoms with Gasteiger partial charge < -0.3 is 20.2 Å². The van der Waals surface area contributed by atoms with E-state index in [0.29, 0.717) is 23.1 Å². The van der Waals surface area contributed by atoms with Crippen LogP contribution in [0.5, 0.6) is 11.8 Å². The van der Waals surface area contributed by atoms with E-state index in [1.807, 2.05) is 0 Å². The van der Waals surface area contributed by atoms with Gasteiger partial charge in [0, 0.05) is 24.5 Å². The zero-order valence-corrected chi connectivity index (χ0v) is 9.92. The lowest BCUT2D eigenvalue weighted by atomic mass is 10.2. The summed E-state index contributed by atoms with van der Waals surface area (Å²) in [6.07, 6.45) is 0.746. The van der Waals surface area contributed by atoms with Crippen molar-refractivity contribution in [1.82, 2.24) is 4.73 Å². The first-order valence-electron chi connectivity index (χ1n) is 5.45. The van der Waals surface area contributed by atoms with Crippen molar-refractivity contribution in [3.05, 3.63) is 11.6 Å². The van der Waals surface area contributed by atoms with E-state index < -0.39 is 11.9 Å². The quantitative estimate of drug-likeness (QED) is 0.650. The van der Waals surface area contributed by atoms with Gasteiger partial charge in [-0.15, -0.1) is 4.73 Å². The van der Waals surface area contributed by atoms with Crippen LogP contribution in [0.3, 0.4) is 0 Å². The number of aryl methyl sites for hydroxylation is 1. The van der Waals surface area contributed by atoms with Gasteiger partial charge in [0.25, 0.3) is 0 Å². The average Bonchev–Trinajstić information content (AvgIpc) is 2.51. The predicted molar refractivity (Wildman–Crippen MR) is 60.2 cm³/mol. The Hall–Kier alpha value is -2.18. The molecule has 0 aromatic carbocycles. The summed E-state index contributed by atoms with van der Waals surface area (Å²) in [4.78, 5) is 26.3. The van der Waals surface area contributed by atoms with Crippen LogP contribution in [0.2, 0.25) is 0 Å². The zero-order chi connectivity index (χ0) is 13.7. The Labute approximate surface area is 103 Å². The van der Waals surface area contributed by atoms with E-state index in [0.717, 1.165) is 0 Å². The van der Waals surface area contributed by atoms with Crippen molar-refractivity contribution in [1.29, 1.82) is 0 Å². The van der Waals surface area contributed by atoms with E-state index in [9.17, 15) is 19.8 Å². The van der Waals surface area contributed by atoms with Crippen LogP contribution in [0, 0.1) is 6.92 Å². The summed E-state index contributed by atoms with van der Waals surface area (Å²) in [6, 6.07) is 1.26. The summed E-state index contributed by atoms with van der Waals surface area (Å²) in [5.74, 6) is -2.28. The minimum absolute atomic E-state index is 0.00753. The molecule has 3 N–H and O–H groups in total. The fourth-order valence-electron chi connectivity index (χ4n) is 1.37. The van der Waals surface area contributed by atoms with Gasteiger partial charge in [-0.2, -0.15) is 0 Å². The SMILES string of the molecule is Cc1cc(O)n(OC(=O)CCCCC(=O)O)c1O. The van der Waals surface area contributed by atoms with Crippen LogP contribution in [0.25, 0.3) is 0 Å². The number of nitrogens with zero attached hydrogens (tertiary/aromatic N) is 1. The van der Waals surface area contributed by atoms with E-state index in [1.165, 1.54) is 6.07 Å². The van der Waals surface area contributed by atoms with Gasteiger partial charge in [0.2, 0.25) is 11.8 Å². The molecule has 0 unspecified atom stereocenters. The van der Waals surface area contributed by atoms with Crippen molar-refractivity contribution in [3.8, 4) is 11.8 Å². The van der Waals surface area contributed by atoms with Gasteiger partial charge in [-0.25, -0.2) is 4.79 Å². The molecule has 1 rings (SSSR count). The summed E-state index contributed by atoms with van der Waals surface area (Å²) in [5.41, 5.74) is 0.381. The number of rotatable bonds is 6. The third kappa shape index (κ3) is 3.69. The molecule has 0 saturated carbocycles. The molecule has 7 nitrogen and oxygen atoms in total. The van der Waals surface area contributed by atoms with Crippen LogP contribution < -0.4 is 4.84 Å². The van der Waals surface area contributed by atoms with Crippen molar-refractivity contribution in [2.75, 3.05) is 0 Å². The number of carboxylic acids is 1. The number of carbonyl (C=O) groups is 2. The molecule has 0 bridgehead atoms. The number of aliphatic carboxylic acids is 1. The number of hydrogen-bond acceptors (Lipinski definition) is 5. The molecule has 0 saturated heterocycles. The van der Waals surface area contributed by atoms with Crippen molar-refractivity contribution in [2.24, 2.45) is 0 Å². The number of unbranched alkanes of at least 4 members (excludes halogenated alkanes) is 1. The van der Waals surface area contributed by atoms with E-state index in [4.69, 9.17) is 9.94 Å². The van der Waals surface area contributed by atoms with Crippen LogP contribution in [0.1, 0.15) is 31.2 Å². The zero-order valence-electron chi connectivity index (χ0n) is 9.92. The fourth-order valence-corrected chi connectivity index (χ4v) is 1.37. The third-order valence-electron chi connectivity index (χ3n) is 2.31. The third-order valence-corrected chi connectivity index (χ3v) is 2.31. The van der Waals surface area contributed by atoms with Crippen molar-refractivity contribution >= 4 is 11.9 Å². The van der Waals surface area contributed by atoms with Crippen LogP contribution in [0.15, 0.2) is 6.07 Å². The Morgan fingerprint density at radius 2 is 1.89 bits per heavy atom. The highest BCUT2D eigenvalue weighted by atomic mass is 16.7. The molecule has 0 aliphatic carbocycles. The Morgan fingerprint density at radius 3 is 2.39 bits per heavy atom. The smallest absolute Gasteiger partial charge is 0.333 e. The molecule has 0 fully saturated rings. The minimum atomic E-state index is -0.917. The highest BCUT2D eigenvalue weighted by Crippen LogP contribution is 2.24. The first kappa shape index (κ1) is 13.9.